The smallest absolute Gasteiger partial charge is 0.222 e. The Morgan fingerprint density at radius 3 is 2.48 bits per heavy atom. The molecule has 1 aliphatic rings. The Labute approximate surface area is 169 Å². The van der Waals surface area contributed by atoms with Crippen molar-refractivity contribution in [1.29, 1.82) is 0 Å². The standard InChI is InChI=1S/C16H29N5O.3ClH/c1-17-8-3-5-16(22)19(2)15-6-11-20(12-7-15)13-14-21-10-4-9-18-21;;;/h4,9-10,15,17H,3,5-8,11-14H2,1-2H3;3*1H. The molecule has 148 valence electrons. The summed E-state index contributed by atoms with van der Waals surface area (Å²) >= 11 is 0. The van der Waals surface area contributed by atoms with Gasteiger partial charge < -0.3 is 15.1 Å². The number of piperidine rings is 1. The lowest BCUT2D eigenvalue weighted by Gasteiger charge is -2.36. The molecular weight excluding hydrogens is 385 g/mol. The maximum absolute atomic E-state index is 12.2. The van der Waals surface area contributed by atoms with E-state index in [0.717, 1.165) is 52.0 Å². The highest BCUT2D eigenvalue weighted by Gasteiger charge is 2.24. The van der Waals surface area contributed by atoms with E-state index in [9.17, 15) is 4.79 Å². The van der Waals surface area contributed by atoms with Crippen molar-refractivity contribution in [2.24, 2.45) is 0 Å². The fraction of sp³-hybridized carbons (Fsp3) is 0.750. The average Bonchev–Trinajstić information content (AvgIpc) is 3.06. The third kappa shape index (κ3) is 9.11. The van der Waals surface area contributed by atoms with Gasteiger partial charge in [-0.15, -0.1) is 37.2 Å². The molecule has 0 bridgehead atoms. The molecule has 6 nitrogen and oxygen atoms in total. The molecule has 0 unspecified atom stereocenters. The summed E-state index contributed by atoms with van der Waals surface area (Å²) in [5, 5.41) is 7.32. The van der Waals surface area contributed by atoms with Crippen LogP contribution in [-0.2, 0) is 11.3 Å². The Morgan fingerprint density at radius 1 is 1.24 bits per heavy atom. The maximum Gasteiger partial charge on any atom is 0.222 e. The molecule has 0 saturated carbocycles. The molecular formula is C16H32Cl3N5O. The van der Waals surface area contributed by atoms with E-state index in [1.54, 1.807) is 0 Å². The van der Waals surface area contributed by atoms with Crippen molar-refractivity contribution in [2.45, 2.75) is 38.3 Å². The van der Waals surface area contributed by atoms with Gasteiger partial charge in [0.1, 0.15) is 0 Å². The summed E-state index contributed by atoms with van der Waals surface area (Å²) in [7, 11) is 3.89. The third-order valence-corrected chi connectivity index (χ3v) is 4.52. The molecule has 0 atom stereocenters. The average molecular weight is 417 g/mol. The number of nitrogens with one attached hydrogen (secondary N) is 1. The number of hydrogen-bond donors (Lipinski definition) is 1. The number of likely N-dealkylation sites (tertiary alicyclic amines) is 1. The minimum absolute atomic E-state index is 0. The van der Waals surface area contributed by atoms with Crippen LogP contribution in [-0.4, -0.2) is 71.8 Å². The van der Waals surface area contributed by atoms with Crippen molar-refractivity contribution in [3.8, 4) is 0 Å². The molecule has 0 radical (unpaired) electrons. The SMILES string of the molecule is CNCCCC(=O)N(C)C1CCN(CCn2cccn2)CC1.Cl.Cl.Cl. The molecule has 2 heterocycles. The zero-order chi connectivity index (χ0) is 15.8. The Morgan fingerprint density at radius 2 is 1.92 bits per heavy atom. The van der Waals surface area contributed by atoms with E-state index in [1.165, 1.54) is 0 Å². The van der Waals surface area contributed by atoms with Gasteiger partial charge in [-0.05, 0) is 38.9 Å². The first kappa shape index (κ1) is 26.7. The van der Waals surface area contributed by atoms with Gasteiger partial charge in [0.25, 0.3) is 0 Å². The quantitative estimate of drug-likeness (QED) is 0.659. The van der Waals surface area contributed by atoms with Crippen LogP contribution >= 0.6 is 37.2 Å². The number of aromatic nitrogens is 2. The molecule has 1 saturated heterocycles. The van der Waals surface area contributed by atoms with Crippen molar-refractivity contribution >= 4 is 43.1 Å². The first-order valence-electron chi connectivity index (χ1n) is 8.30. The van der Waals surface area contributed by atoms with Gasteiger partial charge >= 0.3 is 0 Å². The molecule has 1 amide bonds. The number of hydrogen-bond acceptors (Lipinski definition) is 4. The highest BCUT2D eigenvalue weighted by molar-refractivity contribution is 5.86. The first-order chi connectivity index (χ1) is 10.7. The van der Waals surface area contributed by atoms with Crippen molar-refractivity contribution in [1.82, 2.24) is 24.9 Å². The molecule has 1 aromatic rings. The predicted octanol–water partition coefficient (Wildman–Crippen LogP) is 2.07. The predicted molar refractivity (Wildman–Crippen MR) is 109 cm³/mol. The Hall–Kier alpha value is -0.530. The van der Waals surface area contributed by atoms with Crippen LogP contribution in [0.5, 0.6) is 0 Å². The topological polar surface area (TPSA) is 53.4 Å². The van der Waals surface area contributed by atoms with Gasteiger partial charge in [0.2, 0.25) is 5.91 Å². The lowest BCUT2D eigenvalue weighted by Crippen LogP contribution is -2.46. The molecule has 0 spiro atoms. The lowest BCUT2D eigenvalue weighted by molar-refractivity contribution is -0.132. The highest BCUT2D eigenvalue weighted by atomic mass is 35.5. The van der Waals surface area contributed by atoms with Gasteiger partial charge in [-0.2, -0.15) is 5.10 Å². The van der Waals surface area contributed by atoms with E-state index in [0.29, 0.717) is 12.5 Å². The molecule has 0 aliphatic carbocycles. The van der Waals surface area contributed by atoms with E-state index in [1.807, 2.05) is 42.1 Å². The van der Waals surface area contributed by atoms with E-state index >= 15 is 0 Å². The summed E-state index contributed by atoms with van der Waals surface area (Å²) in [6.45, 7) is 5.02. The summed E-state index contributed by atoms with van der Waals surface area (Å²) in [4.78, 5) is 16.6. The van der Waals surface area contributed by atoms with Crippen LogP contribution in [0.1, 0.15) is 25.7 Å². The second-order valence-corrected chi connectivity index (χ2v) is 6.05. The minimum atomic E-state index is 0. The van der Waals surface area contributed by atoms with Crippen molar-refractivity contribution in [2.75, 3.05) is 40.3 Å². The normalized spacial score (nSPS) is 14.8. The monoisotopic (exact) mass is 415 g/mol. The lowest BCUT2D eigenvalue weighted by atomic mass is 10.0. The van der Waals surface area contributed by atoms with Crippen LogP contribution < -0.4 is 5.32 Å². The molecule has 25 heavy (non-hydrogen) atoms. The number of carbonyl (C=O) groups excluding carboxylic acids is 1. The van der Waals surface area contributed by atoms with Gasteiger partial charge in [0, 0.05) is 51.5 Å². The number of nitrogens with zero attached hydrogens (tertiary/aromatic N) is 4. The van der Waals surface area contributed by atoms with Gasteiger partial charge in [-0.3, -0.25) is 9.48 Å². The molecule has 1 fully saturated rings. The number of amides is 1. The van der Waals surface area contributed by atoms with Crippen LogP contribution in [0.25, 0.3) is 0 Å². The van der Waals surface area contributed by atoms with Gasteiger partial charge in [-0.25, -0.2) is 0 Å². The minimum Gasteiger partial charge on any atom is -0.343 e. The largest absolute Gasteiger partial charge is 0.343 e. The van der Waals surface area contributed by atoms with Crippen molar-refractivity contribution in [3.63, 3.8) is 0 Å². The van der Waals surface area contributed by atoms with E-state index in [-0.39, 0.29) is 43.1 Å². The van der Waals surface area contributed by atoms with E-state index in [4.69, 9.17) is 0 Å². The number of carbonyl (C=O) groups is 1. The Bertz CT molecular complexity index is 439. The number of halogens is 3. The molecule has 0 aromatic carbocycles. The number of rotatable bonds is 8. The second kappa shape index (κ2) is 14.6. The summed E-state index contributed by atoms with van der Waals surface area (Å²) in [6.07, 6.45) is 7.55. The van der Waals surface area contributed by atoms with Gasteiger partial charge in [0.05, 0.1) is 6.54 Å². The Kier molecular flexibility index (Phi) is 15.6. The molecule has 1 N–H and O–H groups in total. The second-order valence-electron chi connectivity index (χ2n) is 6.05. The van der Waals surface area contributed by atoms with Crippen LogP contribution in [0.3, 0.4) is 0 Å². The van der Waals surface area contributed by atoms with Gasteiger partial charge in [0.15, 0.2) is 0 Å². The summed E-state index contributed by atoms with van der Waals surface area (Å²) in [5.74, 6) is 0.283. The highest BCUT2D eigenvalue weighted by Crippen LogP contribution is 2.16. The van der Waals surface area contributed by atoms with Crippen molar-refractivity contribution in [3.05, 3.63) is 18.5 Å². The van der Waals surface area contributed by atoms with E-state index in [2.05, 4.69) is 15.3 Å². The summed E-state index contributed by atoms with van der Waals surface area (Å²) < 4.78 is 1.98. The molecule has 1 aromatic heterocycles. The van der Waals surface area contributed by atoms with Gasteiger partial charge in [-0.1, -0.05) is 0 Å². The molecule has 1 aliphatic heterocycles. The first-order valence-corrected chi connectivity index (χ1v) is 8.30. The fourth-order valence-corrected chi connectivity index (χ4v) is 3.00. The van der Waals surface area contributed by atoms with Crippen LogP contribution in [0.15, 0.2) is 18.5 Å². The summed E-state index contributed by atoms with van der Waals surface area (Å²) in [6, 6.07) is 2.36. The molecule has 2 rings (SSSR count). The fourth-order valence-electron chi connectivity index (χ4n) is 3.00. The van der Waals surface area contributed by atoms with Crippen LogP contribution in [0, 0.1) is 0 Å². The third-order valence-electron chi connectivity index (χ3n) is 4.52. The van der Waals surface area contributed by atoms with Crippen LogP contribution in [0.2, 0.25) is 0 Å². The Balaban J connectivity index is 0. The maximum atomic E-state index is 12.2. The van der Waals surface area contributed by atoms with E-state index < -0.39 is 0 Å². The van der Waals surface area contributed by atoms with Crippen molar-refractivity contribution < 1.29 is 4.79 Å². The zero-order valence-corrected chi connectivity index (χ0v) is 17.5. The van der Waals surface area contributed by atoms with Crippen LogP contribution in [0.4, 0.5) is 0 Å². The molecule has 9 heteroatoms. The summed E-state index contributed by atoms with van der Waals surface area (Å²) in [5.41, 5.74) is 0. The zero-order valence-electron chi connectivity index (χ0n) is 15.1.